The maximum atomic E-state index is 13.0. The van der Waals surface area contributed by atoms with Gasteiger partial charge in [0.15, 0.2) is 0 Å². The second-order valence-corrected chi connectivity index (χ2v) is 17.6. The zero-order valence-corrected chi connectivity index (χ0v) is 27.9. The minimum Gasteiger partial charge on any atom is -0.497 e. The maximum Gasteiger partial charge on any atom is 0.226 e. The van der Waals surface area contributed by atoms with Gasteiger partial charge in [-0.15, -0.1) is 5.10 Å². The first-order valence-corrected chi connectivity index (χ1v) is 19.1. The fourth-order valence-electron chi connectivity index (χ4n) is 7.08. The molecular formula is C34H48N4O5Si. The van der Waals surface area contributed by atoms with Crippen molar-refractivity contribution < 1.29 is 24.1 Å². The lowest BCUT2D eigenvalue weighted by molar-refractivity contribution is -0.118. The third-order valence-corrected chi connectivity index (χ3v) is 14.0. The Balaban J connectivity index is 1.47. The number of fused-ring (bicyclic) bond motifs is 1. The summed E-state index contributed by atoms with van der Waals surface area (Å²) in [6.07, 6.45) is 7.88. The Morgan fingerprint density at radius 2 is 1.86 bits per heavy atom. The molecule has 238 valence electrons. The molecule has 0 bridgehead atoms. The molecule has 4 atom stereocenters. The van der Waals surface area contributed by atoms with Crippen LogP contribution in [0.5, 0.6) is 11.5 Å². The standard InChI is InChI=1S/C34H48N4O5Si/c1-24-33(42-3)29-22-26(38-19-9-7-6-8-10-32(38)40)11-16-30(29)43-34(24)31(17-20-37-23-25(18-21-39)35-36-37)44(4,5)28-14-12-27(41-2)13-15-28/h11-16,22-24,31,33-34,39H,6-10,17-21H2,1-5H3/t24-,31?,33-,34-/m1/s1. The molecule has 1 aromatic heterocycles. The Kier molecular flexibility index (Phi) is 10.4. The van der Waals surface area contributed by atoms with Crippen molar-refractivity contribution in [1.82, 2.24) is 15.0 Å². The van der Waals surface area contributed by atoms with Gasteiger partial charge >= 0.3 is 0 Å². The lowest BCUT2D eigenvalue weighted by atomic mass is 9.86. The number of nitrogens with zero attached hydrogens (tertiary/aromatic N) is 4. The Morgan fingerprint density at radius 3 is 2.59 bits per heavy atom. The first-order valence-electron chi connectivity index (χ1n) is 16.0. The van der Waals surface area contributed by atoms with Crippen LogP contribution >= 0.6 is 0 Å². The zero-order valence-electron chi connectivity index (χ0n) is 26.9. The predicted molar refractivity (Wildman–Crippen MR) is 174 cm³/mol. The number of aryl methyl sites for hydroxylation is 1. The topological polar surface area (TPSA) is 98.9 Å². The number of rotatable bonds is 11. The van der Waals surface area contributed by atoms with E-state index in [1.165, 1.54) is 5.19 Å². The van der Waals surface area contributed by atoms with E-state index in [4.69, 9.17) is 14.2 Å². The Hall–Kier alpha value is -3.21. The molecule has 1 saturated heterocycles. The van der Waals surface area contributed by atoms with Crippen LogP contribution in [0.15, 0.2) is 48.7 Å². The molecule has 1 amide bonds. The van der Waals surface area contributed by atoms with Crippen molar-refractivity contribution in [3.8, 4) is 11.5 Å². The second kappa shape index (κ2) is 14.3. The second-order valence-electron chi connectivity index (χ2n) is 12.8. The van der Waals surface area contributed by atoms with Crippen LogP contribution in [0.1, 0.15) is 62.8 Å². The number of anilines is 1. The summed E-state index contributed by atoms with van der Waals surface area (Å²) in [5, 5.41) is 19.3. The van der Waals surface area contributed by atoms with E-state index in [0.717, 1.165) is 67.1 Å². The molecule has 1 fully saturated rings. The van der Waals surface area contributed by atoms with Crippen molar-refractivity contribution in [3.63, 3.8) is 0 Å². The van der Waals surface area contributed by atoms with E-state index in [1.807, 2.05) is 40.0 Å². The average molecular weight is 621 g/mol. The first kappa shape index (κ1) is 32.2. The van der Waals surface area contributed by atoms with Crippen LogP contribution in [0.2, 0.25) is 18.6 Å². The SMILES string of the molecule is COc1ccc([Si](C)(C)C(CCn2cc(CCO)nn2)[C@@H]2Oc3ccc(N4CCCCCCC4=O)cc3[C@H](OC)[C@H]2C)cc1. The summed E-state index contributed by atoms with van der Waals surface area (Å²) in [5.41, 5.74) is 2.95. The van der Waals surface area contributed by atoms with E-state index in [2.05, 4.69) is 48.5 Å². The molecular weight excluding hydrogens is 572 g/mol. The molecule has 0 saturated carbocycles. The highest BCUT2D eigenvalue weighted by atomic mass is 28.3. The molecule has 2 aromatic carbocycles. The molecule has 3 heterocycles. The number of aromatic nitrogens is 3. The summed E-state index contributed by atoms with van der Waals surface area (Å²) < 4.78 is 20.6. The molecule has 44 heavy (non-hydrogen) atoms. The van der Waals surface area contributed by atoms with Crippen molar-refractivity contribution in [2.24, 2.45) is 5.92 Å². The molecule has 10 heteroatoms. The zero-order chi connectivity index (χ0) is 31.3. The fourth-order valence-corrected chi connectivity index (χ4v) is 10.6. The van der Waals surface area contributed by atoms with Gasteiger partial charge in [-0.25, -0.2) is 0 Å². The van der Waals surface area contributed by atoms with Gasteiger partial charge in [-0.2, -0.15) is 0 Å². The van der Waals surface area contributed by atoms with E-state index in [1.54, 1.807) is 14.2 Å². The van der Waals surface area contributed by atoms with Gasteiger partial charge in [-0.1, -0.05) is 55.4 Å². The number of carbonyl (C=O) groups is 1. The van der Waals surface area contributed by atoms with Gasteiger partial charge in [0.1, 0.15) is 17.6 Å². The van der Waals surface area contributed by atoms with E-state index in [-0.39, 0.29) is 36.2 Å². The number of methoxy groups -OCH3 is 2. The van der Waals surface area contributed by atoms with Gasteiger partial charge in [-0.3, -0.25) is 9.48 Å². The Morgan fingerprint density at radius 1 is 1.09 bits per heavy atom. The average Bonchev–Trinajstić information content (AvgIpc) is 3.46. The van der Waals surface area contributed by atoms with Crippen LogP contribution in [0.25, 0.3) is 0 Å². The highest BCUT2D eigenvalue weighted by Gasteiger charge is 2.47. The summed E-state index contributed by atoms with van der Waals surface area (Å²) >= 11 is 0. The normalized spacial score (nSPS) is 21.6. The first-order chi connectivity index (χ1) is 21.3. The molecule has 0 radical (unpaired) electrons. The minimum atomic E-state index is -2.15. The number of hydrogen-bond acceptors (Lipinski definition) is 7. The Labute approximate surface area is 262 Å². The predicted octanol–water partition coefficient (Wildman–Crippen LogP) is 5.28. The molecule has 9 nitrogen and oxygen atoms in total. The third kappa shape index (κ3) is 6.87. The van der Waals surface area contributed by atoms with Gasteiger partial charge in [0, 0.05) is 63.0 Å². The van der Waals surface area contributed by atoms with Crippen molar-refractivity contribution in [2.45, 2.75) is 89.3 Å². The summed E-state index contributed by atoms with van der Waals surface area (Å²) in [6.45, 7) is 8.57. The van der Waals surface area contributed by atoms with Gasteiger partial charge in [0.25, 0.3) is 0 Å². The molecule has 2 aliphatic rings. The quantitative estimate of drug-likeness (QED) is 0.291. The van der Waals surface area contributed by atoms with E-state index >= 15 is 0 Å². The van der Waals surface area contributed by atoms with Crippen LogP contribution in [-0.2, 0) is 22.5 Å². The van der Waals surface area contributed by atoms with Crippen LogP contribution in [0.3, 0.4) is 0 Å². The van der Waals surface area contributed by atoms with E-state index < -0.39 is 8.07 Å². The van der Waals surface area contributed by atoms with Crippen LogP contribution in [-0.4, -0.2) is 67.6 Å². The van der Waals surface area contributed by atoms with Gasteiger partial charge in [0.05, 0.1) is 27.0 Å². The number of hydrogen-bond donors (Lipinski definition) is 1. The maximum absolute atomic E-state index is 13.0. The summed E-state index contributed by atoms with van der Waals surface area (Å²) in [5.74, 6) is 1.95. The van der Waals surface area contributed by atoms with Gasteiger partial charge in [0.2, 0.25) is 5.91 Å². The number of carbonyl (C=O) groups excluding carboxylic acids is 1. The summed E-state index contributed by atoms with van der Waals surface area (Å²) in [6, 6.07) is 14.7. The molecule has 1 unspecified atom stereocenters. The van der Waals surface area contributed by atoms with Crippen molar-refractivity contribution in [1.29, 1.82) is 0 Å². The van der Waals surface area contributed by atoms with Gasteiger partial charge < -0.3 is 24.2 Å². The minimum absolute atomic E-state index is 0.0532. The molecule has 1 N–H and O–H groups in total. The van der Waals surface area contributed by atoms with Crippen LogP contribution in [0, 0.1) is 5.92 Å². The van der Waals surface area contributed by atoms with E-state index in [0.29, 0.717) is 19.4 Å². The third-order valence-electron chi connectivity index (χ3n) is 9.73. The lowest BCUT2D eigenvalue weighted by Gasteiger charge is -2.46. The summed E-state index contributed by atoms with van der Waals surface area (Å²) in [4.78, 5) is 15.0. The van der Waals surface area contributed by atoms with Gasteiger partial charge in [-0.05, 0) is 55.1 Å². The monoisotopic (exact) mass is 620 g/mol. The highest BCUT2D eigenvalue weighted by molar-refractivity contribution is 6.91. The number of ether oxygens (including phenoxy) is 3. The molecule has 0 spiro atoms. The highest BCUT2D eigenvalue weighted by Crippen LogP contribution is 2.48. The van der Waals surface area contributed by atoms with Crippen molar-refractivity contribution in [3.05, 3.63) is 59.9 Å². The van der Waals surface area contributed by atoms with Crippen LogP contribution < -0.4 is 19.6 Å². The van der Waals surface area contributed by atoms with Crippen molar-refractivity contribution >= 4 is 24.9 Å². The number of benzene rings is 2. The number of amides is 1. The molecule has 0 aliphatic carbocycles. The molecule has 3 aromatic rings. The number of aliphatic hydroxyl groups excluding tert-OH is 1. The fraction of sp³-hybridized carbons (Fsp3) is 0.559. The molecule has 5 rings (SSSR count). The van der Waals surface area contributed by atoms with Crippen molar-refractivity contribution in [2.75, 3.05) is 32.3 Å². The lowest BCUT2D eigenvalue weighted by Crippen LogP contribution is -2.54. The summed E-state index contributed by atoms with van der Waals surface area (Å²) in [7, 11) is 1.32. The molecule has 2 aliphatic heterocycles. The Bertz CT molecular complexity index is 1390. The van der Waals surface area contributed by atoms with E-state index in [9.17, 15) is 9.90 Å². The number of aliphatic hydroxyl groups is 1. The largest absolute Gasteiger partial charge is 0.497 e. The smallest absolute Gasteiger partial charge is 0.226 e. The van der Waals surface area contributed by atoms with Crippen LogP contribution in [0.4, 0.5) is 5.69 Å².